The Morgan fingerprint density at radius 3 is 2.27 bits per heavy atom. The van der Waals surface area contributed by atoms with Crippen LogP contribution in [0.3, 0.4) is 0 Å². The van der Waals surface area contributed by atoms with E-state index in [1.807, 2.05) is 62.4 Å². The molecule has 0 unspecified atom stereocenters. The minimum absolute atomic E-state index is 0.112. The van der Waals surface area contributed by atoms with Gasteiger partial charge < -0.3 is 5.32 Å². The Balaban J connectivity index is 1.46. The zero-order valence-electron chi connectivity index (χ0n) is 18.2. The summed E-state index contributed by atoms with van der Waals surface area (Å²) in [5.41, 5.74) is 4.40. The minimum Gasteiger partial charge on any atom is -0.323 e. The average molecular weight is 458 g/mol. The quantitative estimate of drug-likeness (QED) is 0.384. The average Bonchev–Trinajstić information content (AvgIpc) is 2.80. The SMILES string of the molecule is Cc1cccc(C)c1NS(=O)(=O)c1ccc(NC(=O)/C=C/c2cccc3cccnc23)cc1. The molecule has 0 atom stereocenters. The maximum Gasteiger partial charge on any atom is 0.261 e. The van der Waals surface area contributed by atoms with Crippen LogP contribution in [0.5, 0.6) is 0 Å². The highest BCUT2D eigenvalue weighted by atomic mass is 32.2. The number of aromatic nitrogens is 1. The standard InChI is InChI=1S/C26H23N3O3S/c1-18-6-3-7-19(2)25(18)29-33(31,32)23-14-12-22(13-15-23)28-24(30)16-11-21-9-4-8-20-10-5-17-27-26(20)21/h3-17,29H,1-2H3,(H,28,30)/b16-11+. The van der Waals surface area contributed by atoms with Crippen molar-refractivity contribution in [2.45, 2.75) is 18.7 Å². The number of amides is 1. The monoisotopic (exact) mass is 457 g/mol. The zero-order valence-corrected chi connectivity index (χ0v) is 19.1. The highest BCUT2D eigenvalue weighted by Gasteiger charge is 2.16. The summed E-state index contributed by atoms with van der Waals surface area (Å²) in [7, 11) is -3.75. The molecule has 0 radical (unpaired) electrons. The molecule has 6 nitrogen and oxygen atoms in total. The van der Waals surface area contributed by atoms with Gasteiger partial charge in [0.1, 0.15) is 0 Å². The van der Waals surface area contributed by atoms with Gasteiger partial charge in [0, 0.05) is 28.9 Å². The first-order valence-electron chi connectivity index (χ1n) is 10.4. The van der Waals surface area contributed by atoms with Gasteiger partial charge in [-0.1, -0.05) is 42.5 Å². The number of sulfonamides is 1. The third kappa shape index (κ3) is 5.10. The smallest absolute Gasteiger partial charge is 0.261 e. The molecule has 0 saturated heterocycles. The lowest BCUT2D eigenvalue weighted by molar-refractivity contribution is -0.111. The molecule has 1 aromatic heterocycles. The summed E-state index contributed by atoms with van der Waals surface area (Å²) in [6.07, 6.45) is 4.85. The molecule has 0 bridgehead atoms. The summed E-state index contributed by atoms with van der Waals surface area (Å²) in [4.78, 5) is 16.9. The van der Waals surface area contributed by atoms with Crippen LogP contribution in [-0.4, -0.2) is 19.3 Å². The van der Waals surface area contributed by atoms with Gasteiger partial charge in [0.2, 0.25) is 5.91 Å². The Morgan fingerprint density at radius 2 is 1.55 bits per heavy atom. The fraction of sp³-hybridized carbons (Fsp3) is 0.0769. The molecule has 0 fully saturated rings. The van der Waals surface area contributed by atoms with Gasteiger partial charge in [-0.05, 0) is 61.4 Å². The van der Waals surface area contributed by atoms with Crippen molar-refractivity contribution in [3.8, 4) is 0 Å². The van der Waals surface area contributed by atoms with Crippen LogP contribution in [0, 0.1) is 13.8 Å². The maximum atomic E-state index is 12.8. The van der Waals surface area contributed by atoms with Crippen molar-refractivity contribution in [2.75, 3.05) is 10.0 Å². The highest BCUT2D eigenvalue weighted by Crippen LogP contribution is 2.24. The van der Waals surface area contributed by atoms with E-state index in [1.165, 1.54) is 18.2 Å². The van der Waals surface area contributed by atoms with E-state index in [-0.39, 0.29) is 10.8 Å². The van der Waals surface area contributed by atoms with Gasteiger partial charge in [0.15, 0.2) is 0 Å². The molecular formula is C26H23N3O3S. The van der Waals surface area contributed by atoms with Gasteiger partial charge in [-0.2, -0.15) is 0 Å². The van der Waals surface area contributed by atoms with E-state index in [0.717, 1.165) is 27.6 Å². The van der Waals surface area contributed by atoms with Gasteiger partial charge in [-0.3, -0.25) is 14.5 Å². The van der Waals surface area contributed by atoms with Gasteiger partial charge in [0.25, 0.3) is 10.0 Å². The highest BCUT2D eigenvalue weighted by molar-refractivity contribution is 7.92. The summed E-state index contributed by atoms with van der Waals surface area (Å²) in [5, 5.41) is 3.74. The second-order valence-electron chi connectivity index (χ2n) is 7.64. The van der Waals surface area contributed by atoms with Crippen LogP contribution in [0.4, 0.5) is 11.4 Å². The number of benzene rings is 3. The number of anilines is 2. The number of para-hydroxylation sites is 2. The number of pyridine rings is 1. The van der Waals surface area contributed by atoms with Crippen LogP contribution < -0.4 is 10.0 Å². The molecule has 2 N–H and O–H groups in total. The second-order valence-corrected chi connectivity index (χ2v) is 9.32. The molecule has 0 spiro atoms. The van der Waals surface area contributed by atoms with Crippen molar-refractivity contribution in [1.82, 2.24) is 4.98 Å². The Bertz CT molecular complexity index is 1430. The Labute approximate surface area is 193 Å². The number of carbonyl (C=O) groups excluding carboxylic acids is 1. The van der Waals surface area contributed by atoms with Crippen molar-refractivity contribution in [1.29, 1.82) is 0 Å². The van der Waals surface area contributed by atoms with Crippen LogP contribution in [0.1, 0.15) is 16.7 Å². The first-order valence-corrected chi connectivity index (χ1v) is 11.8. The fourth-order valence-corrected chi connectivity index (χ4v) is 4.70. The molecule has 0 aliphatic carbocycles. The lowest BCUT2D eigenvalue weighted by Crippen LogP contribution is -2.15. The predicted molar refractivity (Wildman–Crippen MR) is 133 cm³/mol. The number of hydrogen-bond donors (Lipinski definition) is 2. The number of nitrogens with one attached hydrogen (secondary N) is 2. The molecule has 7 heteroatoms. The van der Waals surface area contributed by atoms with E-state index in [2.05, 4.69) is 15.0 Å². The van der Waals surface area contributed by atoms with Crippen LogP contribution in [0.25, 0.3) is 17.0 Å². The van der Waals surface area contributed by atoms with E-state index in [9.17, 15) is 13.2 Å². The Hall–Kier alpha value is -3.97. The molecule has 0 aliphatic rings. The molecule has 3 aromatic carbocycles. The summed E-state index contributed by atoms with van der Waals surface area (Å²) in [6.45, 7) is 3.70. The van der Waals surface area contributed by atoms with Crippen LogP contribution >= 0.6 is 0 Å². The summed E-state index contributed by atoms with van der Waals surface area (Å²) in [5.74, 6) is -0.327. The summed E-state index contributed by atoms with van der Waals surface area (Å²) >= 11 is 0. The number of nitrogens with zero attached hydrogens (tertiary/aromatic N) is 1. The van der Waals surface area contributed by atoms with Crippen molar-refractivity contribution in [3.63, 3.8) is 0 Å². The first-order chi connectivity index (χ1) is 15.8. The molecule has 4 aromatic rings. The fourth-order valence-electron chi connectivity index (χ4n) is 3.50. The summed E-state index contributed by atoms with van der Waals surface area (Å²) in [6, 6.07) is 21.2. The molecule has 0 saturated carbocycles. The molecule has 1 heterocycles. The van der Waals surface area contributed by atoms with Crippen molar-refractivity contribution >= 4 is 44.3 Å². The molecule has 0 aliphatic heterocycles. The minimum atomic E-state index is -3.75. The normalized spacial score (nSPS) is 11.6. The van der Waals surface area contributed by atoms with Crippen molar-refractivity contribution < 1.29 is 13.2 Å². The number of fused-ring (bicyclic) bond motifs is 1. The molecule has 4 rings (SSSR count). The van der Waals surface area contributed by atoms with Crippen LogP contribution in [0.2, 0.25) is 0 Å². The number of hydrogen-bond acceptors (Lipinski definition) is 4. The zero-order chi connectivity index (χ0) is 23.4. The molecule has 166 valence electrons. The van der Waals surface area contributed by atoms with Crippen molar-refractivity contribution in [3.05, 3.63) is 102 Å². The topological polar surface area (TPSA) is 88.2 Å². The summed E-state index contributed by atoms with van der Waals surface area (Å²) < 4.78 is 28.2. The predicted octanol–water partition coefficient (Wildman–Crippen LogP) is 5.30. The lowest BCUT2D eigenvalue weighted by atomic mass is 10.1. The molecule has 1 amide bonds. The number of carbonyl (C=O) groups is 1. The van der Waals surface area contributed by atoms with E-state index in [4.69, 9.17) is 0 Å². The van der Waals surface area contributed by atoms with Gasteiger partial charge >= 0.3 is 0 Å². The van der Waals surface area contributed by atoms with Gasteiger partial charge in [0.05, 0.1) is 16.1 Å². The van der Waals surface area contributed by atoms with E-state index < -0.39 is 10.0 Å². The third-order valence-corrected chi connectivity index (χ3v) is 6.59. The maximum absolute atomic E-state index is 12.8. The third-order valence-electron chi connectivity index (χ3n) is 5.23. The Morgan fingerprint density at radius 1 is 0.879 bits per heavy atom. The Kier molecular flexibility index (Phi) is 6.24. The largest absolute Gasteiger partial charge is 0.323 e. The number of aryl methyl sites for hydroxylation is 2. The van der Waals surface area contributed by atoms with E-state index in [0.29, 0.717) is 11.4 Å². The van der Waals surface area contributed by atoms with E-state index >= 15 is 0 Å². The van der Waals surface area contributed by atoms with Crippen LogP contribution in [0.15, 0.2) is 90.0 Å². The molecular weight excluding hydrogens is 434 g/mol. The number of rotatable bonds is 6. The lowest BCUT2D eigenvalue weighted by Gasteiger charge is -2.13. The first kappa shape index (κ1) is 22.2. The van der Waals surface area contributed by atoms with Gasteiger partial charge in [-0.15, -0.1) is 0 Å². The molecule has 33 heavy (non-hydrogen) atoms. The van der Waals surface area contributed by atoms with Gasteiger partial charge in [-0.25, -0.2) is 8.42 Å². The second kappa shape index (κ2) is 9.26. The van der Waals surface area contributed by atoms with Crippen molar-refractivity contribution in [2.24, 2.45) is 0 Å². The van der Waals surface area contributed by atoms with Crippen LogP contribution in [-0.2, 0) is 14.8 Å². The van der Waals surface area contributed by atoms with E-state index in [1.54, 1.807) is 24.4 Å².